The third-order valence-electron chi connectivity index (χ3n) is 3.59. The SMILES string of the molecule is CC(C)C(O)(C(=O)O)C(C)C1CCOC1. The van der Waals surface area contributed by atoms with Crippen molar-refractivity contribution in [3.63, 3.8) is 0 Å². The van der Waals surface area contributed by atoms with E-state index in [0.717, 1.165) is 6.42 Å². The molecule has 0 aromatic heterocycles. The van der Waals surface area contributed by atoms with Gasteiger partial charge in [0.2, 0.25) is 0 Å². The monoisotopic (exact) mass is 216 g/mol. The van der Waals surface area contributed by atoms with Gasteiger partial charge in [0.05, 0.1) is 0 Å². The summed E-state index contributed by atoms with van der Waals surface area (Å²) in [5, 5.41) is 19.4. The van der Waals surface area contributed by atoms with Crippen LogP contribution in [0.1, 0.15) is 27.2 Å². The number of rotatable bonds is 4. The first kappa shape index (κ1) is 12.5. The van der Waals surface area contributed by atoms with E-state index < -0.39 is 11.6 Å². The van der Waals surface area contributed by atoms with Gasteiger partial charge >= 0.3 is 5.97 Å². The fourth-order valence-electron chi connectivity index (χ4n) is 2.27. The number of carboxylic acid groups (broad SMARTS) is 1. The van der Waals surface area contributed by atoms with Crippen molar-refractivity contribution in [3.05, 3.63) is 0 Å². The van der Waals surface area contributed by atoms with Gasteiger partial charge in [0.15, 0.2) is 5.60 Å². The van der Waals surface area contributed by atoms with Crippen molar-refractivity contribution < 1.29 is 19.7 Å². The van der Waals surface area contributed by atoms with Gasteiger partial charge in [-0.1, -0.05) is 20.8 Å². The average Bonchev–Trinajstić information content (AvgIpc) is 2.67. The Kier molecular flexibility index (Phi) is 3.73. The molecule has 1 fully saturated rings. The van der Waals surface area contributed by atoms with Gasteiger partial charge in [-0.2, -0.15) is 0 Å². The summed E-state index contributed by atoms with van der Waals surface area (Å²) in [5.74, 6) is -1.56. The summed E-state index contributed by atoms with van der Waals surface area (Å²) >= 11 is 0. The van der Waals surface area contributed by atoms with Gasteiger partial charge in [0.1, 0.15) is 0 Å². The number of carboxylic acids is 1. The molecule has 0 radical (unpaired) electrons. The minimum atomic E-state index is -1.64. The molecule has 0 bridgehead atoms. The molecule has 1 saturated heterocycles. The van der Waals surface area contributed by atoms with Crippen LogP contribution in [0.4, 0.5) is 0 Å². The van der Waals surface area contributed by atoms with Gasteiger partial charge in [0.25, 0.3) is 0 Å². The van der Waals surface area contributed by atoms with Crippen LogP contribution in [-0.2, 0) is 9.53 Å². The molecule has 15 heavy (non-hydrogen) atoms. The van der Waals surface area contributed by atoms with Crippen molar-refractivity contribution in [2.75, 3.05) is 13.2 Å². The summed E-state index contributed by atoms with van der Waals surface area (Å²) in [5.41, 5.74) is -1.64. The summed E-state index contributed by atoms with van der Waals surface area (Å²) < 4.78 is 5.23. The Hall–Kier alpha value is -0.610. The molecule has 0 aliphatic carbocycles. The van der Waals surface area contributed by atoms with Crippen LogP contribution < -0.4 is 0 Å². The van der Waals surface area contributed by atoms with E-state index in [1.165, 1.54) is 0 Å². The van der Waals surface area contributed by atoms with Gasteiger partial charge in [-0.05, 0) is 18.3 Å². The second-order valence-corrected chi connectivity index (χ2v) is 4.70. The molecule has 0 aromatic rings. The standard InChI is InChI=1S/C11H20O4/c1-7(2)11(14,10(12)13)8(3)9-4-5-15-6-9/h7-9,14H,4-6H2,1-3H3,(H,12,13). The number of aliphatic carboxylic acids is 1. The Bertz CT molecular complexity index is 233. The smallest absolute Gasteiger partial charge is 0.336 e. The largest absolute Gasteiger partial charge is 0.479 e. The number of hydrogen-bond donors (Lipinski definition) is 2. The zero-order chi connectivity index (χ0) is 11.6. The van der Waals surface area contributed by atoms with Crippen LogP contribution in [0.2, 0.25) is 0 Å². The second kappa shape index (κ2) is 4.49. The maximum Gasteiger partial charge on any atom is 0.336 e. The highest BCUT2D eigenvalue weighted by molar-refractivity contribution is 5.77. The maximum absolute atomic E-state index is 11.2. The topological polar surface area (TPSA) is 66.8 Å². The highest BCUT2D eigenvalue weighted by Crippen LogP contribution is 2.35. The fraction of sp³-hybridized carbons (Fsp3) is 0.909. The highest BCUT2D eigenvalue weighted by Gasteiger charge is 2.48. The summed E-state index contributed by atoms with van der Waals surface area (Å²) in [6.45, 7) is 6.50. The Labute approximate surface area is 90.2 Å². The number of aliphatic hydroxyl groups is 1. The van der Waals surface area contributed by atoms with Crippen LogP contribution in [0.3, 0.4) is 0 Å². The van der Waals surface area contributed by atoms with E-state index in [1.807, 2.05) is 0 Å². The van der Waals surface area contributed by atoms with E-state index in [4.69, 9.17) is 9.84 Å². The first-order valence-electron chi connectivity index (χ1n) is 5.44. The molecule has 4 heteroatoms. The van der Waals surface area contributed by atoms with Crippen molar-refractivity contribution in [2.45, 2.75) is 32.8 Å². The molecule has 3 atom stereocenters. The van der Waals surface area contributed by atoms with Crippen LogP contribution in [-0.4, -0.2) is 35.0 Å². The molecule has 1 aliphatic heterocycles. The lowest BCUT2D eigenvalue weighted by Gasteiger charge is -2.36. The van der Waals surface area contributed by atoms with E-state index in [2.05, 4.69) is 0 Å². The van der Waals surface area contributed by atoms with Crippen LogP contribution in [0, 0.1) is 17.8 Å². The zero-order valence-electron chi connectivity index (χ0n) is 9.56. The lowest BCUT2D eigenvalue weighted by atomic mass is 9.73. The number of hydrogen-bond acceptors (Lipinski definition) is 3. The molecule has 3 unspecified atom stereocenters. The Morgan fingerprint density at radius 2 is 2.07 bits per heavy atom. The van der Waals surface area contributed by atoms with Crippen LogP contribution in [0.5, 0.6) is 0 Å². The van der Waals surface area contributed by atoms with Gasteiger partial charge in [-0.15, -0.1) is 0 Å². The van der Waals surface area contributed by atoms with Crippen LogP contribution >= 0.6 is 0 Å². The third kappa shape index (κ3) is 2.16. The summed E-state index contributed by atoms with van der Waals surface area (Å²) in [6.07, 6.45) is 0.837. The van der Waals surface area contributed by atoms with Crippen molar-refractivity contribution in [1.29, 1.82) is 0 Å². The minimum Gasteiger partial charge on any atom is -0.479 e. The predicted octanol–water partition coefficient (Wildman–Crippen LogP) is 1.13. The zero-order valence-corrected chi connectivity index (χ0v) is 9.56. The normalized spacial score (nSPS) is 27.7. The van der Waals surface area contributed by atoms with Crippen molar-refractivity contribution in [3.8, 4) is 0 Å². The van der Waals surface area contributed by atoms with E-state index in [0.29, 0.717) is 13.2 Å². The predicted molar refractivity (Wildman–Crippen MR) is 55.5 cm³/mol. The summed E-state index contributed by atoms with van der Waals surface area (Å²) in [6, 6.07) is 0. The molecule has 0 saturated carbocycles. The van der Waals surface area contributed by atoms with Crippen molar-refractivity contribution in [2.24, 2.45) is 17.8 Å². The molecule has 88 valence electrons. The van der Waals surface area contributed by atoms with Gasteiger partial charge in [0, 0.05) is 19.1 Å². The Morgan fingerprint density at radius 1 is 1.47 bits per heavy atom. The third-order valence-corrected chi connectivity index (χ3v) is 3.59. The number of ether oxygens (including phenoxy) is 1. The van der Waals surface area contributed by atoms with Crippen LogP contribution in [0.25, 0.3) is 0 Å². The molecule has 0 spiro atoms. The molecule has 4 nitrogen and oxygen atoms in total. The van der Waals surface area contributed by atoms with Gasteiger partial charge < -0.3 is 14.9 Å². The van der Waals surface area contributed by atoms with E-state index >= 15 is 0 Å². The molecular formula is C11H20O4. The Balaban J connectivity index is 2.83. The maximum atomic E-state index is 11.2. The van der Waals surface area contributed by atoms with E-state index in [1.54, 1.807) is 20.8 Å². The van der Waals surface area contributed by atoms with Gasteiger partial charge in [-0.25, -0.2) is 4.79 Å². The number of carbonyl (C=O) groups is 1. The highest BCUT2D eigenvalue weighted by atomic mass is 16.5. The molecular weight excluding hydrogens is 196 g/mol. The summed E-state index contributed by atoms with van der Waals surface area (Å²) in [4.78, 5) is 11.2. The first-order valence-corrected chi connectivity index (χ1v) is 5.44. The average molecular weight is 216 g/mol. The lowest BCUT2D eigenvalue weighted by Crippen LogP contribution is -2.51. The second-order valence-electron chi connectivity index (χ2n) is 4.70. The Morgan fingerprint density at radius 3 is 2.40 bits per heavy atom. The lowest BCUT2D eigenvalue weighted by molar-refractivity contribution is -0.174. The summed E-state index contributed by atoms with van der Waals surface area (Å²) in [7, 11) is 0. The molecule has 1 heterocycles. The van der Waals surface area contributed by atoms with Crippen molar-refractivity contribution in [1.82, 2.24) is 0 Å². The van der Waals surface area contributed by atoms with Gasteiger partial charge in [-0.3, -0.25) is 0 Å². The fourth-order valence-corrected chi connectivity index (χ4v) is 2.27. The molecule has 0 amide bonds. The van der Waals surface area contributed by atoms with E-state index in [-0.39, 0.29) is 17.8 Å². The molecule has 1 rings (SSSR count). The van der Waals surface area contributed by atoms with Crippen molar-refractivity contribution >= 4 is 5.97 Å². The first-order chi connectivity index (χ1) is 6.90. The van der Waals surface area contributed by atoms with E-state index in [9.17, 15) is 9.90 Å². The minimum absolute atomic E-state index is 0.147. The van der Waals surface area contributed by atoms with Crippen LogP contribution in [0.15, 0.2) is 0 Å². The molecule has 2 N–H and O–H groups in total. The molecule has 0 aromatic carbocycles. The quantitative estimate of drug-likeness (QED) is 0.739. The molecule has 1 aliphatic rings.